The number of likely N-dealkylation sites (N-methyl/N-ethyl adjacent to an activating group) is 1. The Labute approximate surface area is 86.4 Å². The molecule has 0 rings (SSSR count). The monoisotopic (exact) mass is 202 g/mol. The van der Waals surface area contributed by atoms with Gasteiger partial charge in [0, 0.05) is 20.7 Å². The third-order valence-electron chi connectivity index (χ3n) is 2.62. The minimum absolute atomic E-state index is 0.0240. The molecule has 0 aliphatic rings. The fourth-order valence-corrected chi connectivity index (χ4v) is 1.22. The summed E-state index contributed by atoms with van der Waals surface area (Å²) in [6.45, 7) is 5.05. The first kappa shape index (κ1) is 13.4. The average Bonchev–Trinajstić information content (AvgIpc) is 2.23. The predicted molar refractivity (Wildman–Crippen MR) is 57.0 cm³/mol. The normalized spacial score (nSPS) is 14.9. The highest BCUT2D eigenvalue weighted by molar-refractivity contribution is 5.84. The molecular formula is C10H22N2O2. The van der Waals surface area contributed by atoms with E-state index in [1.807, 2.05) is 13.8 Å². The van der Waals surface area contributed by atoms with Crippen LogP contribution < -0.4 is 5.73 Å². The Morgan fingerprint density at radius 2 is 2.14 bits per heavy atom. The van der Waals surface area contributed by atoms with Crippen LogP contribution in [0, 0.1) is 0 Å². The average molecular weight is 202 g/mol. The Hall–Kier alpha value is -0.610. The summed E-state index contributed by atoms with van der Waals surface area (Å²) in [4.78, 5) is 13.6. The second-order valence-electron chi connectivity index (χ2n) is 3.66. The molecule has 0 bridgehead atoms. The number of methoxy groups -OCH3 is 1. The zero-order valence-electron chi connectivity index (χ0n) is 9.67. The van der Waals surface area contributed by atoms with Crippen molar-refractivity contribution in [3.8, 4) is 0 Å². The molecule has 0 saturated heterocycles. The smallest absolute Gasteiger partial charge is 0.254 e. The van der Waals surface area contributed by atoms with E-state index in [0.717, 1.165) is 6.42 Å². The van der Waals surface area contributed by atoms with Gasteiger partial charge >= 0.3 is 0 Å². The summed E-state index contributed by atoms with van der Waals surface area (Å²) in [6, 6.07) is 0. The molecule has 0 aromatic carbocycles. The van der Waals surface area contributed by atoms with E-state index in [4.69, 9.17) is 10.5 Å². The van der Waals surface area contributed by atoms with E-state index in [-0.39, 0.29) is 5.91 Å². The van der Waals surface area contributed by atoms with E-state index in [2.05, 4.69) is 0 Å². The molecule has 84 valence electrons. The molecule has 0 fully saturated rings. The zero-order valence-corrected chi connectivity index (χ0v) is 9.67. The van der Waals surface area contributed by atoms with Gasteiger partial charge in [0.15, 0.2) is 0 Å². The fourth-order valence-electron chi connectivity index (χ4n) is 1.22. The topological polar surface area (TPSA) is 55.6 Å². The quantitative estimate of drug-likeness (QED) is 0.686. The lowest BCUT2D eigenvalue weighted by atomic mass is 10.0. The van der Waals surface area contributed by atoms with Crippen LogP contribution in [0.4, 0.5) is 0 Å². The molecule has 4 nitrogen and oxygen atoms in total. The van der Waals surface area contributed by atoms with Gasteiger partial charge in [0.2, 0.25) is 0 Å². The van der Waals surface area contributed by atoms with E-state index < -0.39 is 5.60 Å². The molecule has 0 radical (unpaired) electrons. The number of ether oxygens (including phenoxy) is 1. The van der Waals surface area contributed by atoms with Crippen LogP contribution >= 0.6 is 0 Å². The van der Waals surface area contributed by atoms with Gasteiger partial charge in [0.1, 0.15) is 5.60 Å². The predicted octanol–water partition coefficient (Wildman–Crippen LogP) is 0.609. The van der Waals surface area contributed by atoms with E-state index in [1.165, 1.54) is 0 Å². The Morgan fingerprint density at radius 1 is 1.57 bits per heavy atom. The maximum atomic E-state index is 11.9. The van der Waals surface area contributed by atoms with Gasteiger partial charge < -0.3 is 15.4 Å². The number of hydrogen-bond donors (Lipinski definition) is 1. The summed E-state index contributed by atoms with van der Waals surface area (Å²) in [6.07, 6.45) is 1.50. The minimum atomic E-state index is -0.691. The number of rotatable bonds is 6. The molecule has 0 saturated carbocycles. The van der Waals surface area contributed by atoms with Crippen molar-refractivity contribution in [2.75, 3.05) is 27.2 Å². The first-order valence-corrected chi connectivity index (χ1v) is 5.02. The number of nitrogens with zero attached hydrogens (tertiary/aromatic N) is 1. The van der Waals surface area contributed by atoms with Crippen molar-refractivity contribution in [3.63, 3.8) is 0 Å². The third-order valence-corrected chi connectivity index (χ3v) is 2.62. The highest BCUT2D eigenvalue weighted by Crippen LogP contribution is 2.16. The minimum Gasteiger partial charge on any atom is -0.369 e. The Bertz CT molecular complexity index is 179. The summed E-state index contributed by atoms with van der Waals surface area (Å²) in [5.74, 6) is 0.0240. The first-order chi connectivity index (χ1) is 6.51. The van der Waals surface area contributed by atoms with Crippen LogP contribution in [-0.4, -0.2) is 43.7 Å². The number of carbonyl (C=O) groups excluding carboxylic acids is 1. The van der Waals surface area contributed by atoms with Gasteiger partial charge in [-0.3, -0.25) is 4.79 Å². The molecule has 1 unspecified atom stereocenters. The van der Waals surface area contributed by atoms with Gasteiger partial charge in [0.05, 0.1) is 0 Å². The molecule has 4 heteroatoms. The number of hydrogen-bond acceptors (Lipinski definition) is 3. The standard InChI is InChI=1S/C10H22N2O2/c1-5-10(2,14-4)9(13)12(3)8-6-7-11/h5-8,11H2,1-4H3. The molecular weight excluding hydrogens is 180 g/mol. The van der Waals surface area contributed by atoms with Crippen molar-refractivity contribution in [1.29, 1.82) is 0 Å². The Kier molecular flexibility index (Phi) is 5.72. The molecule has 0 aliphatic heterocycles. The third kappa shape index (κ3) is 3.27. The van der Waals surface area contributed by atoms with Crippen LogP contribution in [0.25, 0.3) is 0 Å². The van der Waals surface area contributed by atoms with Crippen LogP contribution in [0.5, 0.6) is 0 Å². The summed E-state index contributed by atoms with van der Waals surface area (Å²) < 4.78 is 5.23. The highest BCUT2D eigenvalue weighted by Gasteiger charge is 2.33. The molecule has 0 aromatic heterocycles. The summed E-state index contributed by atoms with van der Waals surface area (Å²) >= 11 is 0. The molecule has 0 aromatic rings. The second kappa shape index (κ2) is 5.98. The van der Waals surface area contributed by atoms with Crippen LogP contribution in [0.1, 0.15) is 26.7 Å². The lowest BCUT2D eigenvalue weighted by molar-refractivity contribution is -0.151. The molecule has 1 atom stereocenters. The molecule has 14 heavy (non-hydrogen) atoms. The van der Waals surface area contributed by atoms with Crippen molar-refractivity contribution >= 4 is 5.91 Å². The fraction of sp³-hybridized carbons (Fsp3) is 0.900. The first-order valence-electron chi connectivity index (χ1n) is 5.02. The molecule has 2 N–H and O–H groups in total. The van der Waals surface area contributed by atoms with Gasteiger partial charge in [-0.1, -0.05) is 6.92 Å². The summed E-state index contributed by atoms with van der Waals surface area (Å²) in [7, 11) is 3.35. The van der Waals surface area contributed by atoms with E-state index in [1.54, 1.807) is 19.1 Å². The lowest BCUT2D eigenvalue weighted by Crippen LogP contribution is -2.46. The lowest BCUT2D eigenvalue weighted by Gasteiger charge is -2.30. The zero-order chi connectivity index (χ0) is 11.2. The van der Waals surface area contributed by atoms with Gasteiger partial charge in [0.25, 0.3) is 5.91 Å². The van der Waals surface area contributed by atoms with Gasteiger partial charge in [-0.2, -0.15) is 0 Å². The van der Waals surface area contributed by atoms with E-state index in [9.17, 15) is 4.79 Å². The van der Waals surface area contributed by atoms with Crippen molar-refractivity contribution in [2.45, 2.75) is 32.3 Å². The molecule has 1 amide bonds. The van der Waals surface area contributed by atoms with E-state index in [0.29, 0.717) is 19.5 Å². The highest BCUT2D eigenvalue weighted by atomic mass is 16.5. The second-order valence-corrected chi connectivity index (χ2v) is 3.66. The van der Waals surface area contributed by atoms with Crippen molar-refractivity contribution in [3.05, 3.63) is 0 Å². The van der Waals surface area contributed by atoms with Gasteiger partial charge in [-0.25, -0.2) is 0 Å². The van der Waals surface area contributed by atoms with Crippen LogP contribution in [0.2, 0.25) is 0 Å². The van der Waals surface area contributed by atoms with Crippen molar-refractivity contribution in [1.82, 2.24) is 4.90 Å². The maximum Gasteiger partial charge on any atom is 0.254 e. The van der Waals surface area contributed by atoms with Gasteiger partial charge in [-0.15, -0.1) is 0 Å². The van der Waals surface area contributed by atoms with Crippen LogP contribution in [0.3, 0.4) is 0 Å². The molecule has 0 aliphatic carbocycles. The van der Waals surface area contributed by atoms with Crippen molar-refractivity contribution < 1.29 is 9.53 Å². The number of nitrogens with two attached hydrogens (primary N) is 1. The Morgan fingerprint density at radius 3 is 2.50 bits per heavy atom. The van der Waals surface area contributed by atoms with Crippen molar-refractivity contribution in [2.24, 2.45) is 5.73 Å². The van der Waals surface area contributed by atoms with Crippen LogP contribution in [-0.2, 0) is 9.53 Å². The molecule has 0 heterocycles. The maximum absolute atomic E-state index is 11.9. The SMILES string of the molecule is CCC(C)(OC)C(=O)N(C)CCCN. The Balaban J connectivity index is 4.28. The van der Waals surface area contributed by atoms with E-state index >= 15 is 0 Å². The number of carbonyl (C=O) groups is 1. The molecule has 0 spiro atoms. The largest absolute Gasteiger partial charge is 0.369 e. The van der Waals surface area contributed by atoms with Crippen LogP contribution in [0.15, 0.2) is 0 Å². The number of amides is 1. The summed E-state index contributed by atoms with van der Waals surface area (Å²) in [5.41, 5.74) is 4.69. The summed E-state index contributed by atoms with van der Waals surface area (Å²) in [5, 5.41) is 0. The van der Waals surface area contributed by atoms with Gasteiger partial charge in [-0.05, 0) is 26.3 Å².